The average Bonchev–Trinajstić information content (AvgIpc) is 2.59. The van der Waals surface area contributed by atoms with Crippen LogP contribution in [0.15, 0.2) is 42.6 Å². The van der Waals surface area contributed by atoms with E-state index in [9.17, 15) is 4.79 Å². The average molecular weight is 324 g/mol. The molecule has 0 atom stereocenters. The number of hydrogen-bond donors (Lipinski definition) is 2. The van der Waals surface area contributed by atoms with Gasteiger partial charge < -0.3 is 15.5 Å². The molecule has 0 bridgehead atoms. The van der Waals surface area contributed by atoms with Gasteiger partial charge in [0.1, 0.15) is 5.82 Å². The molecule has 2 amide bonds. The molecule has 0 radical (unpaired) electrons. The van der Waals surface area contributed by atoms with Crippen molar-refractivity contribution in [3.05, 3.63) is 53.7 Å². The number of urea groups is 1. The Bertz CT molecular complexity index is 694. The van der Waals surface area contributed by atoms with Crippen LogP contribution in [0.1, 0.15) is 24.0 Å². The number of anilines is 2. The molecule has 1 aliphatic heterocycles. The highest BCUT2D eigenvalue weighted by Crippen LogP contribution is 2.18. The van der Waals surface area contributed by atoms with E-state index in [4.69, 9.17) is 0 Å². The van der Waals surface area contributed by atoms with Gasteiger partial charge in [0.15, 0.2) is 0 Å². The number of nitrogens with one attached hydrogen (secondary N) is 2. The maximum Gasteiger partial charge on any atom is 0.319 e. The minimum atomic E-state index is -0.127. The maximum atomic E-state index is 12.2. The van der Waals surface area contributed by atoms with Crippen molar-refractivity contribution in [2.24, 2.45) is 0 Å². The lowest BCUT2D eigenvalue weighted by atomic mass is 10.1. The minimum Gasteiger partial charge on any atom is -0.356 e. The second kappa shape index (κ2) is 7.34. The molecule has 1 aliphatic rings. The monoisotopic (exact) mass is 324 g/mol. The van der Waals surface area contributed by atoms with Crippen LogP contribution in [0.3, 0.4) is 0 Å². The van der Waals surface area contributed by atoms with Gasteiger partial charge >= 0.3 is 6.03 Å². The molecule has 1 saturated heterocycles. The number of aromatic nitrogens is 1. The van der Waals surface area contributed by atoms with Crippen molar-refractivity contribution in [1.82, 2.24) is 10.3 Å². The zero-order chi connectivity index (χ0) is 16.9. The van der Waals surface area contributed by atoms with E-state index >= 15 is 0 Å². The number of rotatable bonds is 3. The summed E-state index contributed by atoms with van der Waals surface area (Å²) in [4.78, 5) is 18.9. The van der Waals surface area contributed by atoms with Crippen LogP contribution in [0.4, 0.5) is 16.3 Å². The number of hydrogen-bond acceptors (Lipinski definition) is 3. The van der Waals surface area contributed by atoms with Crippen molar-refractivity contribution in [3.63, 3.8) is 0 Å². The molecule has 1 aromatic heterocycles. The Morgan fingerprint density at radius 1 is 1.17 bits per heavy atom. The predicted octanol–water partition coefficient (Wildman–Crippen LogP) is 3.49. The third-order valence-electron chi connectivity index (χ3n) is 4.43. The summed E-state index contributed by atoms with van der Waals surface area (Å²) in [6, 6.07) is 12.1. The van der Waals surface area contributed by atoms with Crippen LogP contribution in [0, 0.1) is 13.8 Å². The van der Waals surface area contributed by atoms with Crippen LogP contribution >= 0.6 is 0 Å². The first-order valence-corrected chi connectivity index (χ1v) is 8.42. The van der Waals surface area contributed by atoms with Crippen LogP contribution in [0.2, 0.25) is 0 Å². The summed E-state index contributed by atoms with van der Waals surface area (Å²) in [5.74, 6) is 1.01. The Kier molecular flexibility index (Phi) is 4.99. The first kappa shape index (κ1) is 16.3. The lowest BCUT2D eigenvalue weighted by Crippen LogP contribution is -2.46. The number of carbonyl (C=O) groups is 1. The quantitative estimate of drug-likeness (QED) is 0.908. The molecular weight excluding hydrogens is 300 g/mol. The number of amides is 2. The number of carbonyl (C=O) groups excluding carboxylic acids is 1. The summed E-state index contributed by atoms with van der Waals surface area (Å²) < 4.78 is 0. The fraction of sp³-hybridized carbons (Fsp3) is 0.368. The Hall–Kier alpha value is -2.56. The molecule has 1 aromatic carbocycles. The Balaban J connectivity index is 1.50. The van der Waals surface area contributed by atoms with Crippen LogP contribution in [-0.4, -0.2) is 30.1 Å². The van der Waals surface area contributed by atoms with Crippen LogP contribution in [0.25, 0.3) is 0 Å². The van der Waals surface area contributed by atoms with Gasteiger partial charge in [-0.1, -0.05) is 23.8 Å². The molecule has 0 spiro atoms. The first-order chi connectivity index (χ1) is 11.6. The van der Waals surface area contributed by atoms with Gasteiger partial charge in [-0.15, -0.1) is 0 Å². The lowest BCUT2D eigenvalue weighted by Gasteiger charge is -2.33. The fourth-order valence-electron chi connectivity index (χ4n) is 3.09. The molecule has 0 saturated carbocycles. The van der Waals surface area contributed by atoms with E-state index < -0.39 is 0 Å². The molecule has 0 unspecified atom stereocenters. The third-order valence-corrected chi connectivity index (χ3v) is 4.43. The van der Waals surface area contributed by atoms with Crippen LogP contribution in [-0.2, 0) is 0 Å². The van der Waals surface area contributed by atoms with Gasteiger partial charge in [-0.2, -0.15) is 0 Å². The minimum absolute atomic E-state index is 0.127. The molecule has 0 aliphatic carbocycles. The number of piperidine rings is 1. The third kappa shape index (κ3) is 4.04. The number of aryl methyl sites for hydroxylation is 2. The van der Waals surface area contributed by atoms with E-state index in [2.05, 4.69) is 26.6 Å². The van der Waals surface area contributed by atoms with Crippen molar-refractivity contribution in [3.8, 4) is 0 Å². The van der Waals surface area contributed by atoms with E-state index in [1.54, 1.807) is 0 Å². The Morgan fingerprint density at radius 3 is 2.62 bits per heavy atom. The molecule has 3 rings (SSSR count). The normalized spacial score (nSPS) is 15.2. The largest absolute Gasteiger partial charge is 0.356 e. The maximum absolute atomic E-state index is 12.2. The summed E-state index contributed by atoms with van der Waals surface area (Å²) in [5.41, 5.74) is 3.14. The molecule has 126 valence electrons. The van der Waals surface area contributed by atoms with Crippen molar-refractivity contribution in [2.45, 2.75) is 32.7 Å². The van der Waals surface area contributed by atoms with Gasteiger partial charge in [-0.25, -0.2) is 9.78 Å². The second-order valence-electron chi connectivity index (χ2n) is 6.37. The number of nitrogens with zero attached hydrogens (tertiary/aromatic N) is 2. The SMILES string of the molecule is Cc1ccc(NC(=O)NC2CCN(c3ccccn3)CC2)c(C)c1. The summed E-state index contributed by atoms with van der Waals surface area (Å²) in [6.07, 6.45) is 3.67. The standard InChI is InChI=1S/C19H24N4O/c1-14-6-7-17(15(2)13-14)22-19(24)21-16-8-11-23(12-9-16)18-5-3-4-10-20-18/h3-7,10,13,16H,8-9,11-12H2,1-2H3,(H2,21,22,24). The first-order valence-electron chi connectivity index (χ1n) is 8.42. The van der Waals surface area contributed by atoms with Gasteiger partial charge in [0.25, 0.3) is 0 Å². The number of pyridine rings is 1. The molecule has 5 nitrogen and oxygen atoms in total. The van der Waals surface area contributed by atoms with Crippen LogP contribution in [0.5, 0.6) is 0 Å². The van der Waals surface area contributed by atoms with Gasteiger partial charge in [-0.3, -0.25) is 0 Å². The Labute approximate surface area is 143 Å². The van der Waals surface area contributed by atoms with Gasteiger partial charge in [0, 0.05) is 31.0 Å². The molecule has 2 aromatic rings. The van der Waals surface area contributed by atoms with E-state index in [1.807, 2.05) is 50.4 Å². The summed E-state index contributed by atoms with van der Waals surface area (Å²) >= 11 is 0. The summed E-state index contributed by atoms with van der Waals surface area (Å²) in [7, 11) is 0. The van der Waals surface area contributed by atoms with E-state index in [1.165, 1.54) is 5.56 Å². The topological polar surface area (TPSA) is 57.3 Å². The molecule has 5 heteroatoms. The van der Waals surface area contributed by atoms with Crippen molar-refractivity contribution < 1.29 is 4.79 Å². The van der Waals surface area contributed by atoms with Gasteiger partial charge in [0.05, 0.1) is 0 Å². The van der Waals surface area contributed by atoms with Crippen molar-refractivity contribution >= 4 is 17.5 Å². The fourth-order valence-corrected chi connectivity index (χ4v) is 3.09. The highest BCUT2D eigenvalue weighted by Gasteiger charge is 2.21. The highest BCUT2D eigenvalue weighted by atomic mass is 16.2. The van der Waals surface area contributed by atoms with E-state index in [0.717, 1.165) is 43.0 Å². The predicted molar refractivity (Wildman–Crippen MR) is 97.5 cm³/mol. The molecule has 2 N–H and O–H groups in total. The molecule has 24 heavy (non-hydrogen) atoms. The molecular formula is C19H24N4O. The van der Waals surface area contributed by atoms with Crippen molar-refractivity contribution in [1.29, 1.82) is 0 Å². The van der Waals surface area contributed by atoms with E-state index in [-0.39, 0.29) is 12.1 Å². The smallest absolute Gasteiger partial charge is 0.319 e. The van der Waals surface area contributed by atoms with Gasteiger partial charge in [-0.05, 0) is 50.5 Å². The highest BCUT2D eigenvalue weighted by molar-refractivity contribution is 5.90. The summed E-state index contributed by atoms with van der Waals surface area (Å²) in [5, 5.41) is 6.04. The lowest BCUT2D eigenvalue weighted by molar-refractivity contribution is 0.246. The Morgan fingerprint density at radius 2 is 1.96 bits per heavy atom. The second-order valence-corrected chi connectivity index (χ2v) is 6.37. The van der Waals surface area contributed by atoms with Crippen molar-refractivity contribution in [2.75, 3.05) is 23.3 Å². The zero-order valence-electron chi connectivity index (χ0n) is 14.2. The molecule has 1 fully saturated rings. The summed E-state index contributed by atoms with van der Waals surface area (Å²) in [6.45, 7) is 5.87. The van der Waals surface area contributed by atoms with E-state index in [0.29, 0.717) is 0 Å². The van der Waals surface area contributed by atoms with Crippen LogP contribution < -0.4 is 15.5 Å². The number of benzene rings is 1. The zero-order valence-corrected chi connectivity index (χ0v) is 14.2. The molecule has 2 heterocycles. The van der Waals surface area contributed by atoms with Gasteiger partial charge in [0.2, 0.25) is 0 Å².